The number of nitrogens with one attached hydrogen (secondary N) is 2. The summed E-state index contributed by atoms with van der Waals surface area (Å²) in [4.78, 5) is 41.1. The molecule has 1 atom stereocenters. The molecule has 9 heteroatoms. The topological polar surface area (TPSA) is 108 Å². The van der Waals surface area contributed by atoms with E-state index in [-0.39, 0.29) is 18.8 Å². The Morgan fingerprint density at radius 3 is 2.33 bits per heavy atom. The second-order valence-electron chi connectivity index (χ2n) is 10.6. The van der Waals surface area contributed by atoms with Crippen molar-refractivity contribution in [1.82, 2.24) is 10.2 Å². The lowest BCUT2D eigenvalue weighted by Gasteiger charge is -2.32. The Balaban J connectivity index is 2.37. The van der Waals surface area contributed by atoms with Crippen LogP contribution >= 0.6 is 11.6 Å². The highest BCUT2D eigenvalue weighted by Gasteiger charge is 2.32. The summed E-state index contributed by atoms with van der Waals surface area (Å²) >= 11 is 6.38. The van der Waals surface area contributed by atoms with E-state index in [1.807, 2.05) is 13.0 Å². The average molecular weight is 560 g/mol. The Morgan fingerprint density at radius 2 is 1.69 bits per heavy atom. The summed E-state index contributed by atoms with van der Waals surface area (Å²) in [5.41, 5.74) is 0.940. The third kappa shape index (κ3) is 10.8. The van der Waals surface area contributed by atoms with Gasteiger partial charge in [0.15, 0.2) is 0 Å². The molecule has 0 spiro atoms. The molecule has 0 aromatic heterocycles. The number of anilines is 1. The molecule has 2 aromatic rings. The Labute approximate surface area is 237 Å². The first-order chi connectivity index (χ1) is 18.4. The van der Waals surface area contributed by atoms with Gasteiger partial charge < -0.3 is 25.4 Å². The van der Waals surface area contributed by atoms with Gasteiger partial charge in [0, 0.05) is 6.54 Å². The third-order valence-electron chi connectivity index (χ3n) is 6.07. The Bertz CT molecular complexity index is 1100. The average Bonchev–Trinajstić information content (AvgIpc) is 2.85. The third-order valence-corrected chi connectivity index (χ3v) is 6.39. The van der Waals surface area contributed by atoms with Crippen molar-refractivity contribution in [1.29, 1.82) is 0 Å². The van der Waals surface area contributed by atoms with Gasteiger partial charge in [-0.15, -0.1) is 0 Å². The molecule has 0 bridgehead atoms. The van der Waals surface area contributed by atoms with Gasteiger partial charge >= 0.3 is 6.09 Å². The summed E-state index contributed by atoms with van der Waals surface area (Å²) in [5, 5.41) is 16.0. The van der Waals surface area contributed by atoms with E-state index in [0.29, 0.717) is 22.7 Å². The maximum Gasteiger partial charge on any atom is 0.408 e. The van der Waals surface area contributed by atoms with Crippen molar-refractivity contribution in [2.75, 3.05) is 18.4 Å². The molecular formula is C30H42ClN3O5. The molecule has 39 heavy (non-hydrogen) atoms. The lowest BCUT2D eigenvalue weighted by Crippen LogP contribution is -2.47. The number of benzene rings is 2. The van der Waals surface area contributed by atoms with Crippen molar-refractivity contribution in [3.05, 3.63) is 58.6 Å². The standard InChI is InChI=1S/C30H42ClN3O5/c1-6-7-8-9-10-11-18-34(25(36)20-32-29(38)39-30(3,4)5)27(22-15-13-16-23(35)19-22)28(37)33-26-21(2)14-12-17-24(26)31/h12-17,19,27,35H,6-11,18,20H2,1-5H3,(H,32,38)(H,33,37). The van der Waals surface area contributed by atoms with Gasteiger partial charge in [0.1, 0.15) is 23.9 Å². The number of hydrogen-bond acceptors (Lipinski definition) is 5. The maximum atomic E-state index is 13.8. The second kappa shape index (κ2) is 15.4. The van der Waals surface area contributed by atoms with Crippen LogP contribution in [-0.4, -0.2) is 46.6 Å². The largest absolute Gasteiger partial charge is 0.508 e. The summed E-state index contributed by atoms with van der Waals surface area (Å²) in [6.07, 6.45) is 5.24. The number of alkyl carbamates (subject to hydrolysis) is 1. The van der Waals surface area contributed by atoms with Gasteiger partial charge in [-0.05, 0) is 63.4 Å². The van der Waals surface area contributed by atoms with Crippen LogP contribution in [-0.2, 0) is 14.3 Å². The van der Waals surface area contributed by atoms with Crippen molar-refractivity contribution in [3.8, 4) is 5.75 Å². The van der Waals surface area contributed by atoms with Crippen molar-refractivity contribution in [2.45, 2.75) is 84.8 Å². The van der Waals surface area contributed by atoms with Crippen LogP contribution in [0.2, 0.25) is 5.02 Å². The monoisotopic (exact) mass is 559 g/mol. The van der Waals surface area contributed by atoms with Crippen molar-refractivity contribution >= 4 is 35.2 Å². The molecule has 0 saturated carbocycles. The van der Waals surface area contributed by atoms with Gasteiger partial charge in [-0.1, -0.05) is 74.9 Å². The molecule has 0 aliphatic heterocycles. The minimum Gasteiger partial charge on any atom is -0.508 e. The number of phenols is 1. The number of para-hydroxylation sites is 1. The molecule has 214 valence electrons. The second-order valence-corrected chi connectivity index (χ2v) is 11.0. The molecule has 0 heterocycles. The van der Waals surface area contributed by atoms with Gasteiger partial charge in [0.2, 0.25) is 5.91 Å². The van der Waals surface area contributed by atoms with E-state index in [1.165, 1.54) is 17.0 Å². The minimum absolute atomic E-state index is 0.0296. The fourth-order valence-electron chi connectivity index (χ4n) is 4.17. The van der Waals surface area contributed by atoms with Gasteiger partial charge in [0.25, 0.3) is 5.91 Å². The van der Waals surface area contributed by atoms with Gasteiger partial charge in [-0.3, -0.25) is 9.59 Å². The number of rotatable bonds is 13. The zero-order valence-corrected chi connectivity index (χ0v) is 24.4. The molecule has 3 N–H and O–H groups in total. The van der Waals surface area contributed by atoms with E-state index in [0.717, 1.165) is 37.7 Å². The van der Waals surface area contributed by atoms with E-state index in [9.17, 15) is 19.5 Å². The SMILES string of the molecule is CCCCCCCCN(C(=O)CNC(=O)OC(C)(C)C)C(C(=O)Nc1c(C)cccc1Cl)c1cccc(O)c1. The molecule has 2 rings (SSSR count). The molecular weight excluding hydrogens is 518 g/mol. The molecule has 3 amide bonds. The van der Waals surface area contributed by atoms with E-state index in [2.05, 4.69) is 17.6 Å². The smallest absolute Gasteiger partial charge is 0.408 e. The maximum absolute atomic E-state index is 13.8. The first-order valence-corrected chi connectivity index (χ1v) is 13.9. The molecule has 1 unspecified atom stereocenters. The normalized spacial score (nSPS) is 11.9. The van der Waals surface area contributed by atoms with Crippen LogP contribution in [0.15, 0.2) is 42.5 Å². The Morgan fingerprint density at radius 1 is 1.03 bits per heavy atom. The van der Waals surface area contributed by atoms with E-state index >= 15 is 0 Å². The summed E-state index contributed by atoms with van der Waals surface area (Å²) in [6, 6.07) is 10.5. The van der Waals surface area contributed by atoms with Crippen molar-refractivity contribution < 1.29 is 24.2 Å². The summed E-state index contributed by atoms with van der Waals surface area (Å²) < 4.78 is 5.27. The van der Waals surface area contributed by atoms with Crippen LogP contribution in [0, 0.1) is 6.92 Å². The molecule has 0 saturated heterocycles. The molecule has 0 aliphatic rings. The van der Waals surface area contributed by atoms with Crippen LogP contribution in [0.3, 0.4) is 0 Å². The predicted molar refractivity (Wildman–Crippen MR) is 155 cm³/mol. The number of ether oxygens (including phenoxy) is 1. The first kappa shape index (κ1) is 32.0. The molecule has 2 aromatic carbocycles. The number of unbranched alkanes of at least 4 members (excludes halogenated alkanes) is 5. The van der Waals surface area contributed by atoms with Crippen LogP contribution in [0.1, 0.15) is 83.4 Å². The summed E-state index contributed by atoms with van der Waals surface area (Å²) in [5.74, 6) is -0.958. The number of halogens is 1. The Hall–Kier alpha value is -3.26. The quantitative estimate of drug-likeness (QED) is 0.235. The van der Waals surface area contributed by atoms with Gasteiger partial charge in [0.05, 0.1) is 10.7 Å². The number of amides is 3. The fourth-order valence-corrected chi connectivity index (χ4v) is 4.44. The van der Waals surface area contributed by atoms with Crippen molar-refractivity contribution in [3.63, 3.8) is 0 Å². The lowest BCUT2D eigenvalue weighted by molar-refractivity contribution is -0.138. The summed E-state index contributed by atoms with van der Waals surface area (Å²) in [7, 11) is 0. The number of carbonyl (C=O) groups excluding carboxylic acids is 3. The number of nitrogens with zero attached hydrogens (tertiary/aromatic N) is 1. The van der Waals surface area contributed by atoms with Gasteiger partial charge in [-0.25, -0.2) is 4.79 Å². The zero-order chi connectivity index (χ0) is 29.0. The molecule has 0 radical (unpaired) electrons. The van der Waals surface area contributed by atoms with Crippen molar-refractivity contribution in [2.24, 2.45) is 0 Å². The number of hydrogen-bond donors (Lipinski definition) is 3. The van der Waals surface area contributed by atoms with E-state index in [1.54, 1.807) is 45.0 Å². The molecule has 0 aliphatic carbocycles. The van der Waals surface area contributed by atoms with E-state index < -0.39 is 29.6 Å². The summed E-state index contributed by atoms with van der Waals surface area (Å²) in [6.45, 7) is 9.12. The highest BCUT2D eigenvalue weighted by molar-refractivity contribution is 6.34. The Kier molecular flexibility index (Phi) is 12.6. The number of aromatic hydroxyl groups is 1. The lowest BCUT2D eigenvalue weighted by atomic mass is 10.0. The molecule has 0 fully saturated rings. The van der Waals surface area contributed by atoms with Crippen LogP contribution < -0.4 is 10.6 Å². The van der Waals surface area contributed by atoms with Crippen LogP contribution in [0.25, 0.3) is 0 Å². The number of carbonyl (C=O) groups is 3. The van der Waals surface area contributed by atoms with E-state index in [4.69, 9.17) is 16.3 Å². The highest BCUT2D eigenvalue weighted by Crippen LogP contribution is 2.30. The zero-order valence-electron chi connectivity index (χ0n) is 23.7. The fraction of sp³-hybridized carbons (Fsp3) is 0.500. The van der Waals surface area contributed by atoms with Crippen LogP contribution in [0.5, 0.6) is 5.75 Å². The minimum atomic E-state index is -1.07. The molecule has 8 nitrogen and oxygen atoms in total. The van der Waals surface area contributed by atoms with Crippen LogP contribution in [0.4, 0.5) is 10.5 Å². The first-order valence-electron chi connectivity index (χ1n) is 13.5. The highest BCUT2D eigenvalue weighted by atomic mass is 35.5. The number of aryl methyl sites for hydroxylation is 1. The number of phenolic OH excluding ortho intramolecular Hbond substituents is 1. The predicted octanol–water partition coefficient (Wildman–Crippen LogP) is 6.75. The van der Waals surface area contributed by atoms with Gasteiger partial charge in [-0.2, -0.15) is 0 Å².